The van der Waals surface area contributed by atoms with E-state index in [0.29, 0.717) is 6.04 Å². The summed E-state index contributed by atoms with van der Waals surface area (Å²) in [5.41, 5.74) is 1.09. The van der Waals surface area contributed by atoms with Crippen molar-refractivity contribution in [2.24, 2.45) is 9.98 Å². The number of aliphatic imine (C=N–C) groups is 2. The van der Waals surface area contributed by atoms with Gasteiger partial charge in [-0.05, 0) is 33.6 Å². The molecule has 0 spiro atoms. The summed E-state index contributed by atoms with van der Waals surface area (Å²) in [5.74, 6) is 0.933. The van der Waals surface area contributed by atoms with E-state index in [4.69, 9.17) is 0 Å². The highest BCUT2D eigenvalue weighted by molar-refractivity contribution is 5.94. The van der Waals surface area contributed by atoms with Crippen molar-refractivity contribution in [1.82, 2.24) is 0 Å². The molecule has 0 atom stereocenters. The minimum atomic E-state index is 0.600. The molecule has 0 aromatic rings. The fraction of sp³-hybridized carbons (Fsp3) is 0.750. The Morgan fingerprint density at radius 2 is 1.80 bits per heavy atom. The van der Waals surface area contributed by atoms with Gasteiger partial charge < -0.3 is 0 Å². The van der Waals surface area contributed by atoms with Gasteiger partial charge in [0.1, 0.15) is 5.84 Å². The standard InChI is InChI=1S/C8H14N2/c1-6(2)9-7(3)10-8-4-5-8/h8H,4-5H2,1-3H3. The lowest BCUT2D eigenvalue weighted by Gasteiger charge is -1.91. The molecule has 1 aliphatic carbocycles. The SMILES string of the molecule is CC(C)=NC(C)=NC1CC1. The molecule has 0 aromatic carbocycles. The lowest BCUT2D eigenvalue weighted by atomic mass is 10.5. The topological polar surface area (TPSA) is 24.7 Å². The van der Waals surface area contributed by atoms with Gasteiger partial charge in [0.15, 0.2) is 0 Å². The van der Waals surface area contributed by atoms with Gasteiger partial charge in [-0.25, -0.2) is 4.99 Å². The summed E-state index contributed by atoms with van der Waals surface area (Å²) < 4.78 is 0. The van der Waals surface area contributed by atoms with Crippen LogP contribution in [0.15, 0.2) is 9.98 Å². The van der Waals surface area contributed by atoms with Gasteiger partial charge >= 0.3 is 0 Å². The lowest BCUT2D eigenvalue weighted by Crippen LogP contribution is -1.92. The largest absolute Gasteiger partial charge is 0.267 e. The van der Waals surface area contributed by atoms with Crippen molar-refractivity contribution < 1.29 is 0 Å². The first-order valence-electron chi connectivity index (χ1n) is 3.75. The third kappa shape index (κ3) is 2.76. The first-order chi connectivity index (χ1) is 4.68. The van der Waals surface area contributed by atoms with E-state index >= 15 is 0 Å². The maximum absolute atomic E-state index is 4.36. The van der Waals surface area contributed by atoms with Gasteiger partial charge in [0.2, 0.25) is 0 Å². The Hall–Kier alpha value is -0.660. The predicted octanol–water partition coefficient (Wildman–Crippen LogP) is 2.05. The van der Waals surface area contributed by atoms with Crippen molar-refractivity contribution in [3.63, 3.8) is 0 Å². The molecule has 0 unspecified atom stereocenters. The molecule has 1 rings (SSSR count). The Morgan fingerprint density at radius 1 is 1.20 bits per heavy atom. The van der Waals surface area contributed by atoms with Crippen molar-refractivity contribution in [2.45, 2.75) is 39.7 Å². The molecule has 0 aliphatic heterocycles. The predicted molar refractivity (Wildman–Crippen MR) is 44.9 cm³/mol. The summed E-state index contributed by atoms with van der Waals surface area (Å²) in [6, 6.07) is 0.600. The lowest BCUT2D eigenvalue weighted by molar-refractivity contribution is 1.06. The number of hydrogen-bond donors (Lipinski definition) is 0. The third-order valence-electron chi connectivity index (χ3n) is 1.30. The smallest absolute Gasteiger partial charge is 0.120 e. The molecule has 0 N–H and O–H groups in total. The second kappa shape index (κ2) is 2.95. The summed E-state index contributed by atoms with van der Waals surface area (Å²) in [4.78, 5) is 8.58. The first-order valence-corrected chi connectivity index (χ1v) is 3.75. The molecular formula is C8H14N2. The summed E-state index contributed by atoms with van der Waals surface area (Å²) in [7, 11) is 0. The summed E-state index contributed by atoms with van der Waals surface area (Å²) in [6.45, 7) is 5.95. The van der Waals surface area contributed by atoms with Crippen molar-refractivity contribution in [2.75, 3.05) is 0 Å². The highest BCUT2D eigenvalue weighted by Crippen LogP contribution is 2.23. The van der Waals surface area contributed by atoms with Crippen LogP contribution in [0.25, 0.3) is 0 Å². The quantitative estimate of drug-likeness (QED) is 0.391. The molecule has 2 heteroatoms. The Balaban J connectivity index is 2.46. The number of amidine groups is 1. The third-order valence-corrected chi connectivity index (χ3v) is 1.30. The fourth-order valence-electron chi connectivity index (χ4n) is 0.820. The van der Waals surface area contributed by atoms with Gasteiger partial charge in [-0.15, -0.1) is 0 Å². The van der Waals surface area contributed by atoms with Gasteiger partial charge in [-0.2, -0.15) is 0 Å². The minimum Gasteiger partial charge on any atom is -0.267 e. The van der Waals surface area contributed by atoms with Gasteiger partial charge in [0, 0.05) is 5.71 Å². The van der Waals surface area contributed by atoms with Crippen LogP contribution < -0.4 is 0 Å². The monoisotopic (exact) mass is 138 g/mol. The van der Waals surface area contributed by atoms with Crippen LogP contribution in [-0.2, 0) is 0 Å². The minimum absolute atomic E-state index is 0.600. The molecule has 10 heavy (non-hydrogen) atoms. The molecular weight excluding hydrogens is 124 g/mol. The molecule has 0 radical (unpaired) electrons. The van der Waals surface area contributed by atoms with E-state index in [1.807, 2.05) is 20.8 Å². The van der Waals surface area contributed by atoms with Crippen molar-refractivity contribution in [1.29, 1.82) is 0 Å². The molecule has 1 aliphatic rings. The molecule has 0 bridgehead atoms. The van der Waals surface area contributed by atoms with Crippen LogP contribution in [0.1, 0.15) is 33.6 Å². The number of rotatable bonds is 1. The summed E-state index contributed by atoms with van der Waals surface area (Å²) >= 11 is 0. The average Bonchev–Trinajstić information content (AvgIpc) is 2.46. The number of hydrogen-bond acceptors (Lipinski definition) is 1. The first kappa shape index (κ1) is 7.45. The van der Waals surface area contributed by atoms with Crippen LogP contribution in [0.4, 0.5) is 0 Å². The van der Waals surface area contributed by atoms with E-state index in [0.717, 1.165) is 11.5 Å². The van der Waals surface area contributed by atoms with Crippen LogP contribution >= 0.6 is 0 Å². The van der Waals surface area contributed by atoms with E-state index in [9.17, 15) is 0 Å². The van der Waals surface area contributed by atoms with Gasteiger partial charge in [-0.3, -0.25) is 4.99 Å². The maximum atomic E-state index is 4.36. The van der Waals surface area contributed by atoms with Crippen LogP contribution in [0.3, 0.4) is 0 Å². The van der Waals surface area contributed by atoms with Gasteiger partial charge in [-0.1, -0.05) is 0 Å². The molecule has 1 saturated carbocycles. The zero-order valence-corrected chi connectivity index (χ0v) is 6.89. The fourth-order valence-corrected chi connectivity index (χ4v) is 0.820. The molecule has 0 heterocycles. The second-order valence-electron chi connectivity index (χ2n) is 2.97. The summed E-state index contributed by atoms with van der Waals surface area (Å²) in [5, 5.41) is 0. The van der Waals surface area contributed by atoms with E-state index in [2.05, 4.69) is 9.98 Å². The van der Waals surface area contributed by atoms with Crippen LogP contribution in [0, 0.1) is 0 Å². The van der Waals surface area contributed by atoms with Crippen molar-refractivity contribution >= 4 is 11.5 Å². The molecule has 2 nitrogen and oxygen atoms in total. The Labute approximate surface area is 62.1 Å². The molecule has 0 amide bonds. The highest BCUT2D eigenvalue weighted by atomic mass is 15.0. The van der Waals surface area contributed by atoms with Crippen molar-refractivity contribution in [3.05, 3.63) is 0 Å². The Kier molecular flexibility index (Phi) is 2.20. The van der Waals surface area contributed by atoms with Crippen LogP contribution in [-0.4, -0.2) is 17.6 Å². The Bertz CT molecular complexity index is 172. The highest BCUT2D eigenvalue weighted by Gasteiger charge is 2.19. The normalized spacial score (nSPS) is 18.9. The average molecular weight is 138 g/mol. The number of nitrogens with zero attached hydrogens (tertiary/aromatic N) is 2. The van der Waals surface area contributed by atoms with Gasteiger partial charge in [0.25, 0.3) is 0 Å². The molecule has 0 saturated heterocycles. The molecule has 56 valence electrons. The maximum Gasteiger partial charge on any atom is 0.120 e. The van der Waals surface area contributed by atoms with Crippen LogP contribution in [0.5, 0.6) is 0 Å². The zero-order chi connectivity index (χ0) is 7.56. The van der Waals surface area contributed by atoms with E-state index < -0.39 is 0 Å². The van der Waals surface area contributed by atoms with Crippen molar-refractivity contribution in [3.8, 4) is 0 Å². The van der Waals surface area contributed by atoms with E-state index in [1.165, 1.54) is 12.8 Å². The molecule has 1 fully saturated rings. The summed E-state index contributed by atoms with van der Waals surface area (Å²) in [6.07, 6.45) is 2.52. The molecule has 0 aromatic heterocycles. The van der Waals surface area contributed by atoms with Gasteiger partial charge in [0.05, 0.1) is 6.04 Å². The van der Waals surface area contributed by atoms with E-state index in [1.54, 1.807) is 0 Å². The van der Waals surface area contributed by atoms with Crippen LogP contribution in [0.2, 0.25) is 0 Å². The Morgan fingerprint density at radius 3 is 2.20 bits per heavy atom. The second-order valence-corrected chi connectivity index (χ2v) is 2.97. The zero-order valence-electron chi connectivity index (χ0n) is 6.89. The van der Waals surface area contributed by atoms with E-state index in [-0.39, 0.29) is 0 Å².